The molecule has 0 fully saturated rings. The summed E-state index contributed by atoms with van der Waals surface area (Å²) in [4.78, 5) is 0. The second-order valence-electron chi connectivity index (χ2n) is 3.47. The van der Waals surface area contributed by atoms with Gasteiger partial charge in [0.2, 0.25) is 0 Å². The molecule has 0 amide bonds. The molecule has 0 aliphatic heterocycles. The predicted octanol–water partition coefficient (Wildman–Crippen LogP) is 3.26. The summed E-state index contributed by atoms with van der Waals surface area (Å²) in [5.41, 5.74) is 0.881. The molecule has 0 aliphatic carbocycles. The molecule has 1 unspecified atom stereocenters. The van der Waals surface area contributed by atoms with Gasteiger partial charge in [-0.25, -0.2) is 4.39 Å². The summed E-state index contributed by atoms with van der Waals surface area (Å²) in [7, 11) is 0. The number of nitriles is 1. The highest BCUT2D eigenvalue weighted by Gasteiger charge is 2.08. The summed E-state index contributed by atoms with van der Waals surface area (Å²) >= 11 is 3.24. The van der Waals surface area contributed by atoms with Gasteiger partial charge in [-0.3, -0.25) is 0 Å². The van der Waals surface area contributed by atoms with Gasteiger partial charge in [-0.1, -0.05) is 28.6 Å². The first-order chi connectivity index (χ1) is 7.54. The molecular formula is C12H12BrFN2. The highest BCUT2D eigenvalue weighted by Crippen LogP contribution is 2.16. The first-order valence-electron chi connectivity index (χ1n) is 4.80. The van der Waals surface area contributed by atoms with E-state index in [2.05, 4.69) is 27.8 Å². The van der Waals surface area contributed by atoms with Gasteiger partial charge in [0.05, 0.1) is 5.56 Å². The molecule has 0 bridgehead atoms. The second-order valence-corrected chi connectivity index (χ2v) is 4.59. The molecule has 1 aromatic carbocycles. The normalized spacial score (nSPS) is 11.9. The van der Waals surface area contributed by atoms with Gasteiger partial charge < -0.3 is 5.32 Å². The van der Waals surface area contributed by atoms with E-state index in [1.165, 1.54) is 12.1 Å². The summed E-state index contributed by atoms with van der Waals surface area (Å²) in [5.74, 6) is -0.480. The standard InChI is InChI=1S/C12H12BrFN2/c1-8(13)7-16-9(2)10-3-4-11(6-15)12(14)5-10/h3-5,9,16H,1,7H2,2H3. The van der Waals surface area contributed by atoms with Gasteiger partial charge in [-0.05, 0) is 24.6 Å². The van der Waals surface area contributed by atoms with E-state index < -0.39 is 5.82 Å². The van der Waals surface area contributed by atoms with Crippen molar-refractivity contribution in [3.63, 3.8) is 0 Å². The van der Waals surface area contributed by atoms with E-state index in [9.17, 15) is 4.39 Å². The summed E-state index contributed by atoms with van der Waals surface area (Å²) in [6, 6.07) is 6.43. The third kappa shape index (κ3) is 3.44. The zero-order valence-electron chi connectivity index (χ0n) is 8.93. The van der Waals surface area contributed by atoms with Crippen LogP contribution in [0, 0.1) is 17.1 Å². The molecule has 0 aliphatic rings. The van der Waals surface area contributed by atoms with Crippen LogP contribution in [0.2, 0.25) is 0 Å². The molecule has 1 N–H and O–H groups in total. The molecule has 0 spiro atoms. The molecule has 0 heterocycles. The van der Waals surface area contributed by atoms with Crippen molar-refractivity contribution < 1.29 is 4.39 Å². The monoisotopic (exact) mass is 282 g/mol. The van der Waals surface area contributed by atoms with E-state index in [-0.39, 0.29) is 11.6 Å². The zero-order valence-corrected chi connectivity index (χ0v) is 10.5. The number of rotatable bonds is 4. The molecule has 1 atom stereocenters. The smallest absolute Gasteiger partial charge is 0.141 e. The number of nitrogens with zero attached hydrogens (tertiary/aromatic N) is 1. The maximum atomic E-state index is 13.3. The second kappa shape index (κ2) is 5.78. The fourth-order valence-electron chi connectivity index (χ4n) is 1.27. The fourth-order valence-corrected chi connectivity index (χ4v) is 1.43. The lowest BCUT2D eigenvalue weighted by atomic mass is 10.1. The zero-order chi connectivity index (χ0) is 12.1. The molecule has 0 radical (unpaired) electrons. The van der Waals surface area contributed by atoms with Gasteiger partial charge in [0.1, 0.15) is 11.9 Å². The van der Waals surface area contributed by atoms with Gasteiger partial charge in [-0.15, -0.1) is 0 Å². The summed E-state index contributed by atoms with van der Waals surface area (Å²) < 4.78 is 14.2. The molecule has 0 saturated carbocycles. The largest absolute Gasteiger partial charge is 0.306 e. The van der Waals surface area contributed by atoms with Crippen LogP contribution in [0.15, 0.2) is 29.3 Å². The lowest BCUT2D eigenvalue weighted by molar-refractivity contribution is 0.592. The highest BCUT2D eigenvalue weighted by molar-refractivity contribution is 9.11. The first kappa shape index (κ1) is 12.9. The van der Waals surface area contributed by atoms with E-state index >= 15 is 0 Å². The number of halogens is 2. The van der Waals surface area contributed by atoms with E-state index in [4.69, 9.17) is 5.26 Å². The average molecular weight is 283 g/mol. The highest BCUT2D eigenvalue weighted by atomic mass is 79.9. The van der Waals surface area contributed by atoms with Crippen molar-refractivity contribution >= 4 is 15.9 Å². The van der Waals surface area contributed by atoms with Crippen LogP contribution in [0.3, 0.4) is 0 Å². The third-order valence-electron chi connectivity index (χ3n) is 2.21. The Morgan fingerprint density at radius 1 is 1.69 bits per heavy atom. The Morgan fingerprint density at radius 3 is 2.88 bits per heavy atom. The molecule has 1 aromatic rings. The summed E-state index contributed by atoms with van der Waals surface area (Å²) in [6.07, 6.45) is 0. The summed E-state index contributed by atoms with van der Waals surface area (Å²) in [5, 5.41) is 11.8. The quantitative estimate of drug-likeness (QED) is 0.920. The SMILES string of the molecule is C=C(Br)CNC(C)c1ccc(C#N)c(F)c1. The van der Waals surface area contributed by atoms with Crippen LogP contribution in [-0.2, 0) is 0 Å². The lowest BCUT2D eigenvalue weighted by Gasteiger charge is -2.14. The van der Waals surface area contributed by atoms with Gasteiger partial charge in [0, 0.05) is 17.1 Å². The van der Waals surface area contributed by atoms with E-state index in [0.29, 0.717) is 6.54 Å². The van der Waals surface area contributed by atoms with Crippen LogP contribution in [0.1, 0.15) is 24.1 Å². The Kier molecular flexibility index (Phi) is 4.66. The first-order valence-corrected chi connectivity index (χ1v) is 5.60. The van der Waals surface area contributed by atoms with Gasteiger partial charge in [0.15, 0.2) is 0 Å². The summed E-state index contributed by atoms with van der Waals surface area (Å²) in [6.45, 7) is 6.24. The van der Waals surface area contributed by atoms with Crippen LogP contribution in [0.5, 0.6) is 0 Å². The molecule has 2 nitrogen and oxygen atoms in total. The number of benzene rings is 1. The Balaban J connectivity index is 2.77. The topological polar surface area (TPSA) is 35.8 Å². The van der Waals surface area contributed by atoms with Crippen molar-refractivity contribution in [3.05, 3.63) is 46.2 Å². The van der Waals surface area contributed by atoms with Crippen LogP contribution in [-0.4, -0.2) is 6.54 Å². The number of hydrogen-bond donors (Lipinski definition) is 1. The predicted molar refractivity (Wildman–Crippen MR) is 65.6 cm³/mol. The maximum absolute atomic E-state index is 13.3. The van der Waals surface area contributed by atoms with E-state index in [1.807, 2.05) is 6.92 Å². The molecular weight excluding hydrogens is 271 g/mol. The Morgan fingerprint density at radius 2 is 2.38 bits per heavy atom. The minimum atomic E-state index is -0.480. The Labute approximate surface area is 103 Å². The minimum absolute atomic E-state index is 0.0107. The molecule has 84 valence electrons. The van der Waals surface area contributed by atoms with Crippen molar-refractivity contribution in [3.8, 4) is 6.07 Å². The fraction of sp³-hybridized carbons (Fsp3) is 0.250. The average Bonchev–Trinajstić information content (AvgIpc) is 2.25. The van der Waals surface area contributed by atoms with Crippen LogP contribution in [0.25, 0.3) is 0 Å². The Hall–Kier alpha value is -1.18. The van der Waals surface area contributed by atoms with E-state index in [1.54, 1.807) is 12.1 Å². The molecule has 0 aromatic heterocycles. The molecule has 1 rings (SSSR count). The van der Waals surface area contributed by atoms with Gasteiger partial charge in [-0.2, -0.15) is 5.26 Å². The van der Waals surface area contributed by atoms with Crippen molar-refractivity contribution in [2.24, 2.45) is 0 Å². The maximum Gasteiger partial charge on any atom is 0.141 e. The Bertz CT molecular complexity index is 437. The van der Waals surface area contributed by atoms with Gasteiger partial charge >= 0.3 is 0 Å². The van der Waals surface area contributed by atoms with Crippen LogP contribution in [0.4, 0.5) is 4.39 Å². The molecule has 4 heteroatoms. The molecule has 0 saturated heterocycles. The lowest BCUT2D eigenvalue weighted by Crippen LogP contribution is -2.19. The third-order valence-corrected chi connectivity index (χ3v) is 2.49. The minimum Gasteiger partial charge on any atom is -0.306 e. The van der Waals surface area contributed by atoms with Gasteiger partial charge in [0.25, 0.3) is 0 Å². The van der Waals surface area contributed by atoms with E-state index in [0.717, 1.165) is 10.0 Å². The van der Waals surface area contributed by atoms with Crippen LogP contribution < -0.4 is 5.32 Å². The number of hydrogen-bond acceptors (Lipinski definition) is 2. The van der Waals surface area contributed by atoms with Crippen molar-refractivity contribution in [2.45, 2.75) is 13.0 Å². The van der Waals surface area contributed by atoms with Crippen molar-refractivity contribution in [2.75, 3.05) is 6.54 Å². The van der Waals surface area contributed by atoms with Crippen molar-refractivity contribution in [1.29, 1.82) is 5.26 Å². The van der Waals surface area contributed by atoms with Crippen molar-refractivity contribution in [1.82, 2.24) is 5.32 Å². The molecule has 16 heavy (non-hydrogen) atoms. The van der Waals surface area contributed by atoms with Crippen LogP contribution >= 0.6 is 15.9 Å². The number of nitrogens with one attached hydrogen (secondary N) is 1.